The van der Waals surface area contributed by atoms with Crippen LogP contribution in [0.4, 0.5) is 11.4 Å². The highest BCUT2D eigenvalue weighted by molar-refractivity contribution is 6.52. The number of carbonyl (C=O) groups is 1. The van der Waals surface area contributed by atoms with Crippen molar-refractivity contribution in [3.63, 3.8) is 0 Å². The van der Waals surface area contributed by atoms with Gasteiger partial charge in [0.2, 0.25) is 5.78 Å². The van der Waals surface area contributed by atoms with Crippen molar-refractivity contribution in [2.45, 2.75) is 12.8 Å². The smallest absolute Gasteiger partial charge is 0.222 e. The lowest BCUT2D eigenvalue weighted by Gasteiger charge is -2.09. The minimum Gasteiger partial charge on any atom is -0.286 e. The van der Waals surface area contributed by atoms with Gasteiger partial charge in [0.05, 0.1) is 11.4 Å². The summed E-state index contributed by atoms with van der Waals surface area (Å²) in [5.41, 5.74) is 13.3. The lowest BCUT2D eigenvalue weighted by atomic mass is 9.95. The lowest BCUT2D eigenvalue weighted by Crippen LogP contribution is -2.15. The Morgan fingerprint density at radius 1 is 1.00 bits per heavy atom. The van der Waals surface area contributed by atoms with Gasteiger partial charge in [-0.1, -0.05) is 54.5 Å². The third kappa shape index (κ3) is 2.98. The highest BCUT2D eigenvalue weighted by Gasteiger charge is 2.21. The normalized spacial score (nSPS) is 17.0. The number of fused-ring (bicyclic) bond motifs is 2. The molecule has 1 atom stereocenters. The minimum absolute atomic E-state index is 0.0309. The van der Waals surface area contributed by atoms with Crippen molar-refractivity contribution in [3.8, 4) is 11.8 Å². The van der Waals surface area contributed by atoms with Gasteiger partial charge in [0.25, 0.3) is 0 Å². The molecule has 4 rings (SSSR count). The summed E-state index contributed by atoms with van der Waals surface area (Å²) >= 11 is 0. The first-order valence-electron chi connectivity index (χ1n) is 8.57. The van der Waals surface area contributed by atoms with Crippen LogP contribution in [0.15, 0.2) is 70.9 Å². The molecular weight excluding hydrogens is 336 g/mol. The molecule has 1 aliphatic carbocycles. The Morgan fingerprint density at radius 3 is 2.63 bits per heavy atom. The zero-order chi connectivity index (χ0) is 18.8. The third-order valence-electron chi connectivity index (χ3n) is 4.60. The van der Waals surface area contributed by atoms with Crippen LogP contribution >= 0.6 is 0 Å². The highest BCUT2D eigenvalue weighted by atomic mass is 16.1. The molecular formula is C22H16N4O. The number of hydrogen-bond donors (Lipinski definition) is 2. The van der Waals surface area contributed by atoms with E-state index in [1.165, 1.54) is 0 Å². The molecule has 130 valence electrons. The van der Waals surface area contributed by atoms with E-state index in [1.54, 1.807) is 12.1 Å². The van der Waals surface area contributed by atoms with Crippen LogP contribution in [0, 0.1) is 17.4 Å². The number of rotatable bonds is 3. The summed E-state index contributed by atoms with van der Waals surface area (Å²) in [5, 5.41) is 9.57. The van der Waals surface area contributed by atoms with Crippen molar-refractivity contribution in [3.05, 3.63) is 71.8 Å². The zero-order valence-electron chi connectivity index (χ0n) is 14.7. The minimum atomic E-state index is -0.183. The molecule has 0 aliphatic heterocycles. The Labute approximate surface area is 156 Å². The predicted octanol–water partition coefficient (Wildman–Crippen LogP) is 5.27. The number of nitrogens with zero attached hydrogens (tertiary/aromatic N) is 2. The van der Waals surface area contributed by atoms with Crippen molar-refractivity contribution in [1.82, 2.24) is 0 Å². The molecule has 0 amide bonds. The van der Waals surface area contributed by atoms with Gasteiger partial charge in [-0.15, -0.1) is 0 Å². The van der Waals surface area contributed by atoms with Crippen LogP contribution < -0.4 is 5.43 Å². The molecule has 0 saturated heterocycles. The molecule has 0 radical (unpaired) electrons. The number of anilines is 1. The van der Waals surface area contributed by atoms with Crippen LogP contribution in [0.2, 0.25) is 0 Å². The fourth-order valence-electron chi connectivity index (χ4n) is 3.20. The third-order valence-corrected chi connectivity index (χ3v) is 4.60. The summed E-state index contributed by atoms with van der Waals surface area (Å²) in [6.45, 7) is 1.98. The predicted molar refractivity (Wildman–Crippen MR) is 107 cm³/mol. The van der Waals surface area contributed by atoms with Gasteiger partial charge >= 0.3 is 0 Å². The summed E-state index contributed by atoms with van der Waals surface area (Å²) in [5.74, 6) is 5.79. The number of hydrogen-bond acceptors (Lipinski definition) is 5. The van der Waals surface area contributed by atoms with Crippen LogP contribution in [0.5, 0.6) is 0 Å². The number of hydrazone groups is 1. The first-order chi connectivity index (χ1) is 13.2. The van der Waals surface area contributed by atoms with Gasteiger partial charge in [0, 0.05) is 22.3 Å². The Bertz CT molecular complexity index is 1170. The molecule has 3 aromatic carbocycles. The SMILES string of the molecule is CC1C#C/C(=N/Nc2cccc3c(N=N)cccc23)C(=O)c2ccccc21. The molecule has 27 heavy (non-hydrogen) atoms. The average Bonchev–Trinajstić information content (AvgIpc) is 2.83. The lowest BCUT2D eigenvalue weighted by molar-refractivity contribution is 0.106. The molecule has 3 aromatic rings. The van der Waals surface area contributed by atoms with E-state index in [2.05, 4.69) is 27.5 Å². The maximum atomic E-state index is 12.9. The second-order valence-corrected chi connectivity index (χ2v) is 6.27. The second kappa shape index (κ2) is 6.85. The van der Waals surface area contributed by atoms with Gasteiger partial charge in [-0.05, 0) is 30.5 Å². The highest BCUT2D eigenvalue weighted by Crippen LogP contribution is 2.31. The van der Waals surface area contributed by atoms with Crippen LogP contribution in [0.25, 0.3) is 10.8 Å². The van der Waals surface area contributed by atoms with Gasteiger partial charge in [-0.2, -0.15) is 10.2 Å². The fraction of sp³-hybridized carbons (Fsp3) is 0.0909. The number of benzene rings is 3. The molecule has 0 saturated carbocycles. The Hall–Kier alpha value is -3.78. The van der Waals surface area contributed by atoms with E-state index < -0.39 is 0 Å². The monoisotopic (exact) mass is 352 g/mol. The largest absolute Gasteiger partial charge is 0.286 e. The second-order valence-electron chi connectivity index (χ2n) is 6.27. The molecule has 1 unspecified atom stereocenters. The molecule has 2 N–H and O–H groups in total. The van der Waals surface area contributed by atoms with Crippen LogP contribution in [-0.2, 0) is 0 Å². The van der Waals surface area contributed by atoms with E-state index in [4.69, 9.17) is 5.53 Å². The van der Waals surface area contributed by atoms with Gasteiger partial charge in [-0.3, -0.25) is 10.2 Å². The summed E-state index contributed by atoms with van der Waals surface area (Å²) in [6.07, 6.45) is 0. The van der Waals surface area contributed by atoms with Crippen molar-refractivity contribution >= 4 is 33.6 Å². The van der Waals surface area contributed by atoms with E-state index in [0.717, 1.165) is 22.0 Å². The van der Waals surface area contributed by atoms with Gasteiger partial charge in [0.1, 0.15) is 0 Å². The Kier molecular flexibility index (Phi) is 4.23. The van der Waals surface area contributed by atoms with E-state index in [1.807, 2.05) is 55.5 Å². The Morgan fingerprint density at radius 2 is 1.78 bits per heavy atom. The van der Waals surface area contributed by atoms with E-state index in [9.17, 15) is 4.79 Å². The standard InChI is InChI=1S/C22H16N4O/c1-14-12-13-21(22(27)18-7-3-2-6-15(14)18)26-25-20-11-5-8-16-17(20)9-4-10-19(16)24-23/h2-11,14,23,25H,1H3/b24-23?,26-21-. The topological polar surface area (TPSA) is 77.7 Å². The number of Topliss-reactive ketones (excluding diaryl/α,β-unsaturated/α-hetero) is 1. The van der Waals surface area contributed by atoms with Crippen LogP contribution in [-0.4, -0.2) is 11.5 Å². The van der Waals surface area contributed by atoms with Gasteiger partial charge < -0.3 is 0 Å². The zero-order valence-corrected chi connectivity index (χ0v) is 14.7. The molecule has 0 aromatic heterocycles. The maximum Gasteiger partial charge on any atom is 0.222 e. The molecule has 5 heteroatoms. The van der Waals surface area contributed by atoms with E-state index in [0.29, 0.717) is 11.3 Å². The van der Waals surface area contributed by atoms with Crippen molar-refractivity contribution < 1.29 is 4.79 Å². The Balaban J connectivity index is 1.75. The summed E-state index contributed by atoms with van der Waals surface area (Å²) < 4.78 is 0. The van der Waals surface area contributed by atoms with E-state index in [-0.39, 0.29) is 17.4 Å². The summed E-state index contributed by atoms with van der Waals surface area (Å²) in [6, 6.07) is 18.7. The molecule has 0 fully saturated rings. The van der Waals surface area contributed by atoms with Crippen LogP contribution in [0.1, 0.15) is 28.8 Å². The van der Waals surface area contributed by atoms with Crippen molar-refractivity contribution in [1.29, 1.82) is 5.53 Å². The van der Waals surface area contributed by atoms with Crippen LogP contribution in [0.3, 0.4) is 0 Å². The number of carbonyl (C=O) groups excluding carboxylic acids is 1. The number of nitrogens with one attached hydrogen (secondary N) is 2. The van der Waals surface area contributed by atoms with E-state index >= 15 is 0 Å². The molecule has 0 heterocycles. The molecule has 1 aliphatic rings. The van der Waals surface area contributed by atoms with Gasteiger partial charge in [-0.25, -0.2) is 5.53 Å². The molecule has 0 spiro atoms. The van der Waals surface area contributed by atoms with Crippen molar-refractivity contribution in [2.75, 3.05) is 5.43 Å². The quantitative estimate of drug-likeness (QED) is 0.382. The average molecular weight is 352 g/mol. The van der Waals surface area contributed by atoms with Gasteiger partial charge in [0.15, 0.2) is 5.71 Å². The molecule has 5 nitrogen and oxygen atoms in total. The number of ketones is 1. The van der Waals surface area contributed by atoms with Crippen molar-refractivity contribution in [2.24, 2.45) is 10.2 Å². The maximum absolute atomic E-state index is 12.9. The summed E-state index contributed by atoms with van der Waals surface area (Å²) in [7, 11) is 0. The fourth-order valence-corrected chi connectivity index (χ4v) is 3.20. The first kappa shape index (κ1) is 16.7. The summed E-state index contributed by atoms with van der Waals surface area (Å²) in [4.78, 5) is 12.9. The molecule has 0 bridgehead atoms. The first-order valence-corrected chi connectivity index (χ1v) is 8.57.